The van der Waals surface area contributed by atoms with E-state index in [-0.39, 0.29) is 11.9 Å². The van der Waals surface area contributed by atoms with Gasteiger partial charge in [0.25, 0.3) is 0 Å². The highest BCUT2D eigenvalue weighted by atomic mass is 16.5. The van der Waals surface area contributed by atoms with Crippen LogP contribution in [0.3, 0.4) is 0 Å². The van der Waals surface area contributed by atoms with E-state index in [0.29, 0.717) is 5.56 Å². The van der Waals surface area contributed by atoms with Gasteiger partial charge < -0.3 is 15.7 Å². The molecule has 0 atom stereocenters. The second-order valence-electron chi connectivity index (χ2n) is 5.22. The average molecular weight is 262 g/mol. The minimum Gasteiger partial charge on any atom is -0.490 e. The zero-order valence-corrected chi connectivity index (χ0v) is 11.4. The highest BCUT2D eigenvalue weighted by molar-refractivity contribution is 5.99. The van der Waals surface area contributed by atoms with Gasteiger partial charge in [-0.05, 0) is 50.3 Å². The van der Waals surface area contributed by atoms with Crippen molar-refractivity contribution < 1.29 is 9.94 Å². The summed E-state index contributed by atoms with van der Waals surface area (Å²) in [6.07, 6.45) is 7.44. The fraction of sp³-hybridized carbons (Fsp3) is 0.533. The van der Waals surface area contributed by atoms with Crippen molar-refractivity contribution in [3.63, 3.8) is 0 Å². The summed E-state index contributed by atoms with van der Waals surface area (Å²) >= 11 is 0. The van der Waals surface area contributed by atoms with Gasteiger partial charge in [0.2, 0.25) is 0 Å². The van der Waals surface area contributed by atoms with Gasteiger partial charge in [0, 0.05) is 0 Å². The summed E-state index contributed by atoms with van der Waals surface area (Å²) in [5, 5.41) is 11.9. The van der Waals surface area contributed by atoms with Crippen molar-refractivity contribution >= 4 is 5.84 Å². The van der Waals surface area contributed by atoms with Crippen molar-refractivity contribution in [1.82, 2.24) is 0 Å². The van der Waals surface area contributed by atoms with Crippen LogP contribution < -0.4 is 10.5 Å². The van der Waals surface area contributed by atoms with Gasteiger partial charge in [-0.1, -0.05) is 24.1 Å². The molecular weight excluding hydrogens is 240 g/mol. The molecule has 104 valence electrons. The highest BCUT2D eigenvalue weighted by Crippen LogP contribution is 2.26. The highest BCUT2D eigenvalue weighted by Gasteiger charge is 2.17. The quantitative estimate of drug-likeness (QED) is 0.289. The predicted octanol–water partition coefficient (Wildman–Crippen LogP) is 3.19. The van der Waals surface area contributed by atoms with E-state index in [0.717, 1.165) is 24.2 Å². The number of hydrogen-bond donors (Lipinski definition) is 2. The van der Waals surface area contributed by atoms with E-state index in [2.05, 4.69) is 5.16 Å². The fourth-order valence-corrected chi connectivity index (χ4v) is 2.53. The standard InChI is InChI=1S/C15H22N2O2/c1-11-8-9-13(15(16)17-18)14(10-11)19-12-6-4-2-3-5-7-12/h8-10,12,18H,2-7H2,1H3,(H2,16,17). The molecule has 0 radical (unpaired) electrons. The molecule has 0 unspecified atom stereocenters. The van der Waals surface area contributed by atoms with Crippen LogP contribution in [0, 0.1) is 6.92 Å². The summed E-state index contributed by atoms with van der Waals surface area (Å²) in [6.45, 7) is 2.01. The molecule has 1 aliphatic rings. The van der Waals surface area contributed by atoms with Crippen molar-refractivity contribution in [2.24, 2.45) is 10.9 Å². The lowest BCUT2D eigenvalue weighted by Crippen LogP contribution is -2.20. The maximum atomic E-state index is 8.84. The number of nitrogens with two attached hydrogens (primary N) is 1. The summed E-state index contributed by atoms with van der Waals surface area (Å²) in [5.41, 5.74) is 7.47. The minimum atomic E-state index is 0.101. The number of ether oxygens (including phenoxy) is 1. The van der Waals surface area contributed by atoms with E-state index in [4.69, 9.17) is 15.7 Å². The predicted molar refractivity (Wildman–Crippen MR) is 75.8 cm³/mol. The molecular formula is C15H22N2O2. The molecule has 0 heterocycles. The van der Waals surface area contributed by atoms with Gasteiger partial charge in [0.05, 0.1) is 11.7 Å². The van der Waals surface area contributed by atoms with Crippen LogP contribution in [0.2, 0.25) is 0 Å². The third-order valence-electron chi connectivity index (χ3n) is 3.62. The van der Waals surface area contributed by atoms with Gasteiger partial charge in [-0.3, -0.25) is 0 Å². The number of amidine groups is 1. The van der Waals surface area contributed by atoms with E-state index >= 15 is 0 Å². The SMILES string of the molecule is Cc1ccc(C(N)=NO)c(OC2CCCCCC2)c1. The molecule has 1 saturated carbocycles. The molecule has 2 rings (SSSR count). The zero-order valence-electron chi connectivity index (χ0n) is 11.4. The largest absolute Gasteiger partial charge is 0.490 e. The molecule has 0 saturated heterocycles. The summed E-state index contributed by atoms with van der Waals surface area (Å²) in [7, 11) is 0. The molecule has 3 N–H and O–H groups in total. The molecule has 0 amide bonds. The Hall–Kier alpha value is -1.71. The molecule has 4 heteroatoms. The maximum absolute atomic E-state index is 8.84. The second-order valence-corrected chi connectivity index (χ2v) is 5.22. The molecule has 1 aliphatic carbocycles. The van der Waals surface area contributed by atoms with Gasteiger partial charge in [-0.2, -0.15) is 0 Å². The topological polar surface area (TPSA) is 67.8 Å². The van der Waals surface area contributed by atoms with Crippen molar-refractivity contribution in [2.45, 2.75) is 51.6 Å². The van der Waals surface area contributed by atoms with Crippen LogP contribution in [0.5, 0.6) is 5.75 Å². The Morgan fingerprint density at radius 1 is 1.26 bits per heavy atom. The number of aryl methyl sites for hydroxylation is 1. The summed E-state index contributed by atoms with van der Waals surface area (Å²) in [4.78, 5) is 0. The van der Waals surface area contributed by atoms with Gasteiger partial charge in [-0.15, -0.1) is 0 Å². The summed E-state index contributed by atoms with van der Waals surface area (Å²) < 4.78 is 6.10. The second kappa shape index (κ2) is 6.45. The maximum Gasteiger partial charge on any atom is 0.173 e. The third-order valence-corrected chi connectivity index (χ3v) is 3.62. The molecule has 0 spiro atoms. The van der Waals surface area contributed by atoms with Crippen molar-refractivity contribution in [2.75, 3.05) is 0 Å². The summed E-state index contributed by atoms with van der Waals surface area (Å²) in [5.74, 6) is 0.825. The minimum absolute atomic E-state index is 0.101. The lowest BCUT2D eigenvalue weighted by atomic mass is 10.1. The fourth-order valence-electron chi connectivity index (χ4n) is 2.53. The van der Waals surface area contributed by atoms with E-state index in [1.807, 2.05) is 25.1 Å². The lowest BCUT2D eigenvalue weighted by Gasteiger charge is -2.19. The Morgan fingerprint density at radius 2 is 1.95 bits per heavy atom. The number of hydrogen-bond acceptors (Lipinski definition) is 3. The van der Waals surface area contributed by atoms with Crippen LogP contribution in [0.25, 0.3) is 0 Å². The summed E-state index contributed by atoms with van der Waals surface area (Å²) in [6, 6.07) is 5.74. The Labute approximate surface area is 114 Å². The first-order valence-corrected chi connectivity index (χ1v) is 6.96. The van der Waals surface area contributed by atoms with Gasteiger partial charge >= 0.3 is 0 Å². The number of nitrogens with zero attached hydrogens (tertiary/aromatic N) is 1. The van der Waals surface area contributed by atoms with Crippen molar-refractivity contribution in [3.05, 3.63) is 29.3 Å². The molecule has 1 aromatic rings. The molecule has 0 aromatic heterocycles. The first-order valence-electron chi connectivity index (χ1n) is 6.96. The monoisotopic (exact) mass is 262 g/mol. The first kappa shape index (κ1) is 13.7. The molecule has 4 nitrogen and oxygen atoms in total. The van der Waals surface area contributed by atoms with Crippen LogP contribution >= 0.6 is 0 Å². The van der Waals surface area contributed by atoms with Gasteiger partial charge in [0.15, 0.2) is 5.84 Å². The van der Waals surface area contributed by atoms with E-state index < -0.39 is 0 Å². The van der Waals surface area contributed by atoms with E-state index in [1.54, 1.807) is 0 Å². The van der Waals surface area contributed by atoms with Crippen molar-refractivity contribution in [1.29, 1.82) is 0 Å². The van der Waals surface area contributed by atoms with Crippen LogP contribution in [-0.2, 0) is 0 Å². The van der Waals surface area contributed by atoms with Gasteiger partial charge in [-0.25, -0.2) is 0 Å². The Balaban J connectivity index is 2.19. The molecule has 19 heavy (non-hydrogen) atoms. The Bertz CT molecular complexity index is 449. The van der Waals surface area contributed by atoms with Crippen LogP contribution in [0.4, 0.5) is 0 Å². The third kappa shape index (κ3) is 3.63. The Kier molecular flexibility index (Phi) is 4.66. The van der Waals surface area contributed by atoms with Crippen LogP contribution in [0.1, 0.15) is 49.7 Å². The van der Waals surface area contributed by atoms with Crippen LogP contribution in [-0.4, -0.2) is 17.1 Å². The molecule has 0 bridgehead atoms. The van der Waals surface area contributed by atoms with E-state index in [9.17, 15) is 0 Å². The zero-order chi connectivity index (χ0) is 13.7. The van der Waals surface area contributed by atoms with Crippen molar-refractivity contribution in [3.8, 4) is 5.75 Å². The van der Waals surface area contributed by atoms with E-state index in [1.165, 1.54) is 25.7 Å². The average Bonchev–Trinajstić information content (AvgIpc) is 2.67. The Morgan fingerprint density at radius 3 is 2.58 bits per heavy atom. The molecule has 1 aromatic carbocycles. The van der Waals surface area contributed by atoms with Crippen LogP contribution in [0.15, 0.2) is 23.4 Å². The number of benzene rings is 1. The lowest BCUT2D eigenvalue weighted by molar-refractivity contribution is 0.183. The molecule has 0 aliphatic heterocycles. The van der Waals surface area contributed by atoms with Gasteiger partial charge in [0.1, 0.15) is 5.75 Å². The number of rotatable bonds is 3. The normalized spacial score (nSPS) is 18.1. The smallest absolute Gasteiger partial charge is 0.173 e. The first-order chi connectivity index (χ1) is 9.20. The molecule has 1 fully saturated rings. The number of oxime groups is 1.